The first-order chi connectivity index (χ1) is 8.28. The van der Waals surface area contributed by atoms with Crippen molar-refractivity contribution in [3.05, 3.63) is 21.9 Å². The van der Waals surface area contributed by atoms with Gasteiger partial charge in [0.05, 0.1) is 6.61 Å². The minimum absolute atomic E-state index is 0.559. The molecule has 2 nitrogen and oxygen atoms in total. The molecule has 0 aliphatic heterocycles. The topological polar surface area (TPSA) is 21.3 Å². The van der Waals surface area contributed by atoms with Crippen molar-refractivity contribution in [1.29, 1.82) is 0 Å². The van der Waals surface area contributed by atoms with Gasteiger partial charge in [0.1, 0.15) is 0 Å². The maximum Gasteiger partial charge on any atom is 0.0587 e. The van der Waals surface area contributed by atoms with Gasteiger partial charge in [-0.1, -0.05) is 6.92 Å². The molecule has 0 aromatic carbocycles. The Morgan fingerprint density at radius 1 is 1.35 bits per heavy atom. The van der Waals surface area contributed by atoms with Gasteiger partial charge in [-0.2, -0.15) is 0 Å². The minimum Gasteiger partial charge on any atom is -0.383 e. The molecule has 1 fully saturated rings. The molecule has 1 aliphatic carbocycles. The van der Waals surface area contributed by atoms with Crippen LogP contribution in [0, 0.1) is 5.41 Å². The van der Waals surface area contributed by atoms with Gasteiger partial charge in [-0.05, 0) is 43.2 Å². The first-order valence-electron chi connectivity index (χ1n) is 6.55. The summed E-state index contributed by atoms with van der Waals surface area (Å²) >= 11 is 1.99. The van der Waals surface area contributed by atoms with Crippen molar-refractivity contribution in [3.63, 3.8) is 0 Å². The van der Waals surface area contributed by atoms with Gasteiger partial charge in [0, 0.05) is 30.0 Å². The molecule has 0 radical (unpaired) electrons. The molecule has 2 rings (SSSR count). The third kappa shape index (κ3) is 3.80. The van der Waals surface area contributed by atoms with Gasteiger partial charge in [0.25, 0.3) is 0 Å². The third-order valence-corrected chi connectivity index (χ3v) is 4.78. The van der Waals surface area contributed by atoms with E-state index in [4.69, 9.17) is 4.74 Å². The number of hydrogen-bond acceptors (Lipinski definition) is 3. The molecule has 17 heavy (non-hydrogen) atoms. The highest BCUT2D eigenvalue weighted by Crippen LogP contribution is 2.48. The molecule has 0 atom stereocenters. The van der Waals surface area contributed by atoms with Crippen LogP contribution in [0.25, 0.3) is 0 Å². The summed E-state index contributed by atoms with van der Waals surface area (Å²) in [5.41, 5.74) is 0.559. The Hall–Kier alpha value is -0.380. The molecule has 1 saturated carbocycles. The summed E-state index contributed by atoms with van der Waals surface area (Å²) in [7, 11) is 1.76. The molecule has 1 N–H and O–H groups in total. The number of ether oxygens (including phenoxy) is 1. The Balaban J connectivity index is 1.77. The summed E-state index contributed by atoms with van der Waals surface area (Å²) < 4.78 is 5.05. The predicted molar refractivity (Wildman–Crippen MR) is 73.8 cm³/mol. The van der Waals surface area contributed by atoms with Crippen LogP contribution >= 0.6 is 11.3 Å². The molecule has 1 aromatic rings. The Labute approximate surface area is 108 Å². The maximum absolute atomic E-state index is 5.05. The highest BCUT2D eigenvalue weighted by molar-refractivity contribution is 7.11. The van der Waals surface area contributed by atoms with Gasteiger partial charge in [0.2, 0.25) is 0 Å². The van der Waals surface area contributed by atoms with Gasteiger partial charge in [-0.25, -0.2) is 0 Å². The van der Waals surface area contributed by atoms with Crippen LogP contribution in [0.2, 0.25) is 0 Å². The van der Waals surface area contributed by atoms with Gasteiger partial charge < -0.3 is 10.1 Å². The Morgan fingerprint density at radius 2 is 2.12 bits per heavy atom. The number of rotatable bonds is 8. The molecular weight excluding hydrogens is 230 g/mol. The lowest BCUT2D eigenvalue weighted by molar-refractivity contribution is 0.197. The molecule has 0 spiro atoms. The second-order valence-corrected chi connectivity index (χ2v) is 6.32. The molecule has 1 aromatic heterocycles. The maximum atomic E-state index is 5.05. The largest absolute Gasteiger partial charge is 0.383 e. The normalized spacial score (nSPS) is 17.3. The quantitative estimate of drug-likeness (QED) is 0.719. The number of aryl methyl sites for hydroxylation is 1. The standard InChI is InChI=1S/C14H23NOS/c1-3-12-4-5-13(17-12)10-14(6-7-14)11-15-8-9-16-2/h4-5,15H,3,6-11H2,1-2H3. The van der Waals surface area contributed by atoms with Crippen LogP contribution in [-0.4, -0.2) is 26.8 Å². The molecule has 0 amide bonds. The van der Waals surface area contributed by atoms with Crippen molar-refractivity contribution in [2.75, 3.05) is 26.8 Å². The van der Waals surface area contributed by atoms with Crippen molar-refractivity contribution in [1.82, 2.24) is 5.32 Å². The lowest BCUT2D eigenvalue weighted by Crippen LogP contribution is -2.28. The smallest absolute Gasteiger partial charge is 0.0587 e. The minimum atomic E-state index is 0.559. The monoisotopic (exact) mass is 253 g/mol. The van der Waals surface area contributed by atoms with Crippen LogP contribution in [0.1, 0.15) is 29.5 Å². The van der Waals surface area contributed by atoms with E-state index in [0.29, 0.717) is 5.41 Å². The summed E-state index contributed by atoms with van der Waals surface area (Å²) in [4.78, 5) is 3.08. The zero-order valence-electron chi connectivity index (χ0n) is 10.9. The van der Waals surface area contributed by atoms with Crippen LogP contribution < -0.4 is 5.32 Å². The van der Waals surface area contributed by atoms with Crippen LogP contribution in [0.4, 0.5) is 0 Å². The fourth-order valence-corrected chi connectivity index (χ4v) is 3.33. The molecular formula is C14H23NOS. The number of thiophene rings is 1. The van der Waals surface area contributed by atoms with Crippen molar-refractivity contribution in [2.24, 2.45) is 5.41 Å². The summed E-state index contributed by atoms with van der Waals surface area (Å²) in [5, 5.41) is 3.51. The first kappa shape index (κ1) is 13.1. The highest BCUT2D eigenvalue weighted by atomic mass is 32.1. The lowest BCUT2D eigenvalue weighted by atomic mass is 10.0. The Kier molecular flexibility index (Phi) is 4.60. The van der Waals surface area contributed by atoms with E-state index < -0.39 is 0 Å². The van der Waals surface area contributed by atoms with Crippen LogP contribution in [-0.2, 0) is 17.6 Å². The number of nitrogens with one attached hydrogen (secondary N) is 1. The van der Waals surface area contributed by atoms with E-state index in [1.807, 2.05) is 11.3 Å². The fraction of sp³-hybridized carbons (Fsp3) is 0.714. The zero-order chi connectivity index (χ0) is 12.1. The van der Waals surface area contributed by atoms with Crippen LogP contribution in [0.5, 0.6) is 0 Å². The van der Waals surface area contributed by atoms with Crippen molar-refractivity contribution >= 4 is 11.3 Å². The third-order valence-electron chi connectivity index (χ3n) is 3.56. The summed E-state index contributed by atoms with van der Waals surface area (Å²) in [6, 6.07) is 4.60. The van der Waals surface area contributed by atoms with E-state index >= 15 is 0 Å². The Bertz CT molecular complexity index is 344. The summed E-state index contributed by atoms with van der Waals surface area (Å²) in [6.07, 6.45) is 5.19. The van der Waals surface area contributed by atoms with E-state index in [2.05, 4.69) is 24.4 Å². The highest BCUT2D eigenvalue weighted by Gasteiger charge is 2.42. The number of hydrogen-bond donors (Lipinski definition) is 1. The number of methoxy groups -OCH3 is 1. The predicted octanol–water partition coefficient (Wildman–Crippen LogP) is 2.87. The average molecular weight is 253 g/mol. The van der Waals surface area contributed by atoms with E-state index in [1.54, 1.807) is 12.0 Å². The summed E-state index contributed by atoms with van der Waals surface area (Å²) in [5.74, 6) is 0. The van der Waals surface area contributed by atoms with Gasteiger partial charge in [0.15, 0.2) is 0 Å². The van der Waals surface area contributed by atoms with Crippen molar-refractivity contribution in [2.45, 2.75) is 32.6 Å². The van der Waals surface area contributed by atoms with Gasteiger partial charge in [-0.3, -0.25) is 0 Å². The van der Waals surface area contributed by atoms with Crippen molar-refractivity contribution < 1.29 is 4.74 Å². The summed E-state index contributed by atoms with van der Waals surface area (Å²) in [6.45, 7) is 5.17. The molecule has 96 valence electrons. The molecule has 0 unspecified atom stereocenters. The second-order valence-electron chi connectivity index (χ2n) is 5.07. The van der Waals surface area contributed by atoms with E-state index in [-0.39, 0.29) is 0 Å². The molecule has 3 heteroatoms. The van der Waals surface area contributed by atoms with E-state index in [9.17, 15) is 0 Å². The zero-order valence-corrected chi connectivity index (χ0v) is 11.7. The van der Waals surface area contributed by atoms with Crippen LogP contribution in [0.3, 0.4) is 0 Å². The lowest BCUT2D eigenvalue weighted by Gasteiger charge is -2.14. The molecule has 0 saturated heterocycles. The average Bonchev–Trinajstić information content (AvgIpc) is 2.94. The molecule has 0 bridgehead atoms. The molecule has 1 heterocycles. The second kappa shape index (κ2) is 5.98. The van der Waals surface area contributed by atoms with Crippen molar-refractivity contribution in [3.8, 4) is 0 Å². The molecule has 1 aliphatic rings. The SMILES string of the molecule is CCc1ccc(CC2(CNCCOC)CC2)s1. The first-order valence-corrected chi connectivity index (χ1v) is 7.37. The fourth-order valence-electron chi connectivity index (χ4n) is 2.20. The van der Waals surface area contributed by atoms with E-state index in [0.717, 1.165) is 19.7 Å². The Morgan fingerprint density at radius 3 is 2.71 bits per heavy atom. The van der Waals surface area contributed by atoms with Gasteiger partial charge in [-0.15, -0.1) is 11.3 Å². The van der Waals surface area contributed by atoms with Gasteiger partial charge >= 0.3 is 0 Å². The van der Waals surface area contributed by atoms with Crippen LogP contribution in [0.15, 0.2) is 12.1 Å². The van der Waals surface area contributed by atoms with E-state index in [1.165, 1.54) is 30.6 Å².